The quantitative estimate of drug-likeness (QED) is 0.649. The second-order valence-corrected chi connectivity index (χ2v) is 3.44. The van der Waals surface area contributed by atoms with E-state index in [-0.39, 0.29) is 24.4 Å². The molecular formula is C10H13N3O4. The molecule has 0 bridgehead atoms. The van der Waals surface area contributed by atoms with E-state index in [1.807, 2.05) is 0 Å². The maximum absolute atomic E-state index is 11.7. The molecule has 0 aliphatic carbocycles. The van der Waals surface area contributed by atoms with Crippen molar-refractivity contribution in [1.29, 1.82) is 0 Å². The van der Waals surface area contributed by atoms with Crippen molar-refractivity contribution in [2.75, 3.05) is 7.05 Å². The van der Waals surface area contributed by atoms with Crippen LogP contribution in [0.25, 0.3) is 0 Å². The number of hydrogen-bond acceptors (Lipinski definition) is 4. The van der Waals surface area contributed by atoms with Gasteiger partial charge in [-0.2, -0.15) is 0 Å². The second-order valence-electron chi connectivity index (χ2n) is 3.44. The maximum atomic E-state index is 11.7. The Morgan fingerprint density at radius 2 is 2.06 bits per heavy atom. The fraction of sp³-hybridized carbons (Fsp3) is 0.400. The molecule has 1 rings (SSSR count). The van der Waals surface area contributed by atoms with E-state index in [1.54, 1.807) is 0 Å². The first-order valence-corrected chi connectivity index (χ1v) is 5.01. The van der Waals surface area contributed by atoms with Crippen LogP contribution < -0.4 is 16.6 Å². The molecular weight excluding hydrogens is 226 g/mol. The minimum absolute atomic E-state index is 0.000838. The van der Waals surface area contributed by atoms with E-state index in [1.165, 1.54) is 14.0 Å². The molecule has 0 spiro atoms. The molecule has 0 saturated heterocycles. The molecule has 0 fully saturated rings. The summed E-state index contributed by atoms with van der Waals surface area (Å²) in [6.07, 6.45) is 1.09. The van der Waals surface area contributed by atoms with Gasteiger partial charge in [0.05, 0.1) is 5.56 Å². The number of nitrogens with one attached hydrogen (secondary N) is 2. The van der Waals surface area contributed by atoms with Crippen LogP contribution >= 0.6 is 0 Å². The highest BCUT2D eigenvalue weighted by atomic mass is 16.2. The minimum atomic E-state index is -0.676. The van der Waals surface area contributed by atoms with Gasteiger partial charge in [-0.05, 0) is 6.92 Å². The zero-order chi connectivity index (χ0) is 13.0. The van der Waals surface area contributed by atoms with E-state index in [4.69, 9.17) is 0 Å². The summed E-state index contributed by atoms with van der Waals surface area (Å²) in [6, 6.07) is 0. The molecule has 0 atom stereocenters. The van der Waals surface area contributed by atoms with Crippen LogP contribution in [0.5, 0.6) is 0 Å². The molecule has 7 heteroatoms. The highest BCUT2D eigenvalue weighted by Crippen LogP contribution is 1.89. The van der Waals surface area contributed by atoms with E-state index in [9.17, 15) is 19.2 Å². The molecule has 0 aliphatic heterocycles. The van der Waals surface area contributed by atoms with Crippen molar-refractivity contribution < 1.29 is 9.59 Å². The molecule has 17 heavy (non-hydrogen) atoms. The molecule has 7 nitrogen and oxygen atoms in total. The lowest BCUT2D eigenvalue weighted by molar-refractivity contribution is -0.120. The lowest BCUT2D eigenvalue weighted by Crippen LogP contribution is -2.38. The minimum Gasteiger partial charge on any atom is -0.359 e. The molecule has 92 valence electrons. The number of carbonyl (C=O) groups excluding carboxylic acids is 2. The highest BCUT2D eigenvalue weighted by Gasteiger charge is 2.11. The molecule has 2 N–H and O–H groups in total. The first kappa shape index (κ1) is 12.9. The van der Waals surface area contributed by atoms with Crippen LogP contribution in [0.4, 0.5) is 0 Å². The summed E-state index contributed by atoms with van der Waals surface area (Å²) in [5.41, 5.74) is -1.41. The molecule has 1 heterocycles. The Labute approximate surface area is 96.5 Å². The standard InChI is InChI=1S/C10H13N3O4/c1-6(14)7-5-12-10(17)13(9(7)16)4-3-8(15)11-2/h5H,3-4H2,1-2H3,(H,11,15)(H,12,17). The number of aromatic nitrogens is 2. The number of H-pyrrole nitrogens is 1. The predicted octanol–water partition coefficient (Wildman–Crippen LogP) is -1.12. The van der Waals surface area contributed by atoms with Gasteiger partial charge in [0, 0.05) is 26.2 Å². The van der Waals surface area contributed by atoms with Crippen LogP contribution in [-0.2, 0) is 11.3 Å². The van der Waals surface area contributed by atoms with E-state index in [0.717, 1.165) is 10.8 Å². The van der Waals surface area contributed by atoms with Crippen LogP contribution in [0, 0.1) is 0 Å². The Kier molecular flexibility index (Phi) is 3.97. The number of hydrogen-bond donors (Lipinski definition) is 2. The normalized spacial score (nSPS) is 10.0. The number of Topliss-reactive ketones (excluding diaryl/α,β-unsaturated/α-hetero) is 1. The van der Waals surface area contributed by atoms with Crippen molar-refractivity contribution >= 4 is 11.7 Å². The molecule has 0 unspecified atom stereocenters. The lowest BCUT2D eigenvalue weighted by atomic mass is 10.2. The van der Waals surface area contributed by atoms with Gasteiger partial charge < -0.3 is 10.3 Å². The number of aromatic amines is 1. The van der Waals surface area contributed by atoms with Gasteiger partial charge in [-0.3, -0.25) is 19.0 Å². The zero-order valence-corrected chi connectivity index (χ0v) is 9.57. The van der Waals surface area contributed by atoms with E-state index in [0.29, 0.717) is 0 Å². The fourth-order valence-corrected chi connectivity index (χ4v) is 1.30. The van der Waals surface area contributed by atoms with E-state index >= 15 is 0 Å². The predicted molar refractivity (Wildman–Crippen MR) is 60.0 cm³/mol. The molecule has 0 radical (unpaired) electrons. The van der Waals surface area contributed by atoms with Gasteiger partial charge in [-0.25, -0.2) is 4.79 Å². The van der Waals surface area contributed by atoms with Crippen molar-refractivity contribution in [1.82, 2.24) is 14.9 Å². The number of amides is 1. The monoisotopic (exact) mass is 239 g/mol. The third kappa shape index (κ3) is 2.90. The van der Waals surface area contributed by atoms with Gasteiger partial charge in [0.15, 0.2) is 5.78 Å². The summed E-state index contributed by atoms with van der Waals surface area (Å²) in [5, 5.41) is 2.38. The van der Waals surface area contributed by atoms with E-state index < -0.39 is 17.0 Å². The van der Waals surface area contributed by atoms with Gasteiger partial charge in [0.2, 0.25) is 5.91 Å². The van der Waals surface area contributed by atoms with E-state index in [2.05, 4.69) is 10.3 Å². The summed E-state index contributed by atoms with van der Waals surface area (Å²) in [7, 11) is 1.46. The summed E-state index contributed by atoms with van der Waals surface area (Å²) in [4.78, 5) is 47.5. The van der Waals surface area contributed by atoms with Gasteiger partial charge in [-0.1, -0.05) is 0 Å². The average molecular weight is 239 g/mol. The zero-order valence-electron chi connectivity index (χ0n) is 9.57. The topological polar surface area (TPSA) is 101 Å². The van der Waals surface area contributed by atoms with Gasteiger partial charge in [0.1, 0.15) is 0 Å². The second kappa shape index (κ2) is 5.24. The number of ketones is 1. The SMILES string of the molecule is CNC(=O)CCn1c(=O)[nH]cc(C(C)=O)c1=O. The summed E-state index contributed by atoms with van der Waals surface area (Å²) < 4.78 is 0.839. The molecule has 0 saturated carbocycles. The van der Waals surface area contributed by atoms with Crippen molar-refractivity contribution in [2.24, 2.45) is 0 Å². The first-order valence-electron chi connectivity index (χ1n) is 5.01. The van der Waals surface area contributed by atoms with Gasteiger partial charge in [0.25, 0.3) is 5.56 Å². The summed E-state index contributed by atoms with van der Waals surface area (Å²) >= 11 is 0. The largest absolute Gasteiger partial charge is 0.359 e. The van der Waals surface area contributed by atoms with Crippen molar-refractivity contribution in [3.05, 3.63) is 32.6 Å². The number of rotatable bonds is 4. The molecule has 1 amide bonds. The Morgan fingerprint density at radius 1 is 1.41 bits per heavy atom. The third-order valence-electron chi connectivity index (χ3n) is 2.28. The van der Waals surface area contributed by atoms with Crippen LogP contribution in [-0.4, -0.2) is 28.3 Å². The van der Waals surface area contributed by atoms with Gasteiger partial charge in [-0.15, -0.1) is 0 Å². The third-order valence-corrected chi connectivity index (χ3v) is 2.28. The first-order chi connectivity index (χ1) is 7.97. The molecule has 0 aromatic carbocycles. The van der Waals surface area contributed by atoms with Crippen LogP contribution in [0.2, 0.25) is 0 Å². The number of nitrogens with zero attached hydrogens (tertiary/aromatic N) is 1. The van der Waals surface area contributed by atoms with Crippen molar-refractivity contribution in [3.8, 4) is 0 Å². The van der Waals surface area contributed by atoms with Crippen molar-refractivity contribution in [2.45, 2.75) is 19.9 Å². The van der Waals surface area contributed by atoms with Crippen LogP contribution in [0.1, 0.15) is 23.7 Å². The Bertz CT molecular complexity index is 555. The number of carbonyl (C=O) groups is 2. The average Bonchev–Trinajstić information content (AvgIpc) is 2.27. The Morgan fingerprint density at radius 3 is 2.59 bits per heavy atom. The van der Waals surface area contributed by atoms with Crippen LogP contribution in [0.3, 0.4) is 0 Å². The Hall–Kier alpha value is -2.18. The summed E-state index contributed by atoms with van der Waals surface area (Å²) in [6.45, 7) is 1.17. The maximum Gasteiger partial charge on any atom is 0.328 e. The fourth-order valence-electron chi connectivity index (χ4n) is 1.30. The molecule has 1 aromatic rings. The molecule has 0 aliphatic rings. The summed E-state index contributed by atoms with van der Waals surface area (Å²) in [5.74, 6) is -0.718. The van der Waals surface area contributed by atoms with Crippen LogP contribution in [0.15, 0.2) is 15.8 Å². The molecule has 1 aromatic heterocycles. The lowest BCUT2D eigenvalue weighted by Gasteiger charge is -2.04. The highest BCUT2D eigenvalue weighted by molar-refractivity contribution is 5.93. The Balaban J connectivity index is 3.11. The smallest absolute Gasteiger partial charge is 0.328 e. The van der Waals surface area contributed by atoms with Gasteiger partial charge >= 0.3 is 5.69 Å². The van der Waals surface area contributed by atoms with Crippen molar-refractivity contribution in [3.63, 3.8) is 0 Å².